The van der Waals surface area contributed by atoms with E-state index in [0.29, 0.717) is 32.5 Å². The molecular weight excluding hydrogens is 444 g/mol. The van der Waals surface area contributed by atoms with Gasteiger partial charge in [0, 0.05) is 32.0 Å². The summed E-state index contributed by atoms with van der Waals surface area (Å²) in [6.45, 7) is 1.53. The van der Waals surface area contributed by atoms with Crippen LogP contribution in [0.2, 0.25) is 0 Å². The fourth-order valence-electron chi connectivity index (χ4n) is 6.44. The number of amides is 2. The molecule has 7 heteroatoms. The molecule has 0 spiro atoms. The zero-order valence-corrected chi connectivity index (χ0v) is 19.7. The van der Waals surface area contributed by atoms with Crippen molar-refractivity contribution >= 4 is 18.0 Å². The number of rotatable bonds is 7. The van der Waals surface area contributed by atoms with Gasteiger partial charge in [0.25, 0.3) is 0 Å². The second-order valence-corrected chi connectivity index (χ2v) is 10.8. The summed E-state index contributed by atoms with van der Waals surface area (Å²) in [5.74, 6) is -0.671. The van der Waals surface area contributed by atoms with E-state index >= 15 is 0 Å². The zero-order valence-electron chi connectivity index (χ0n) is 19.7. The molecule has 4 aliphatic rings. The molecule has 2 atom stereocenters. The van der Waals surface area contributed by atoms with E-state index in [4.69, 9.17) is 4.74 Å². The molecule has 1 saturated heterocycles. The molecule has 2 amide bonds. The number of piperidine rings is 1. The van der Waals surface area contributed by atoms with Crippen LogP contribution in [0.1, 0.15) is 49.1 Å². The van der Waals surface area contributed by atoms with Crippen molar-refractivity contribution in [3.05, 3.63) is 59.7 Å². The van der Waals surface area contributed by atoms with Gasteiger partial charge in [-0.05, 0) is 52.8 Å². The molecule has 182 valence electrons. The zero-order chi connectivity index (χ0) is 24.2. The summed E-state index contributed by atoms with van der Waals surface area (Å²) in [7, 11) is 0. The number of benzene rings is 2. The van der Waals surface area contributed by atoms with E-state index in [1.54, 1.807) is 4.90 Å². The van der Waals surface area contributed by atoms with Gasteiger partial charge in [-0.1, -0.05) is 55.0 Å². The average molecular weight is 475 g/mol. The van der Waals surface area contributed by atoms with Crippen molar-refractivity contribution < 1.29 is 24.2 Å². The molecule has 2 unspecified atom stereocenters. The second kappa shape index (κ2) is 8.11. The molecule has 1 heterocycles. The Bertz CT molecular complexity index is 1160. The highest BCUT2D eigenvalue weighted by Gasteiger charge is 2.66. The van der Waals surface area contributed by atoms with Crippen LogP contribution in [-0.2, 0) is 14.3 Å². The van der Waals surface area contributed by atoms with Crippen molar-refractivity contribution in [3.8, 4) is 11.1 Å². The van der Waals surface area contributed by atoms with E-state index in [1.807, 2.05) is 24.3 Å². The van der Waals surface area contributed by atoms with Crippen LogP contribution in [0.15, 0.2) is 48.5 Å². The maximum Gasteiger partial charge on any atom is 0.407 e. The largest absolute Gasteiger partial charge is 0.481 e. The minimum absolute atomic E-state index is 0.00635. The molecule has 7 nitrogen and oxygen atoms in total. The number of carboxylic acid groups (broad SMARTS) is 1. The van der Waals surface area contributed by atoms with E-state index in [-0.39, 0.29) is 29.8 Å². The van der Waals surface area contributed by atoms with Gasteiger partial charge in [0.15, 0.2) is 0 Å². The number of aliphatic carboxylic acids is 1. The number of carbonyl (C=O) groups is 3. The number of carboxylic acids is 1. The van der Waals surface area contributed by atoms with Gasteiger partial charge in [0.2, 0.25) is 5.91 Å². The fourth-order valence-corrected chi connectivity index (χ4v) is 6.44. The summed E-state index contributed by atoms with van der Waals surface area (Å²) in [6, 6.07) is 16.5. The molecule has 1 aliphatic heterocycles. The lowest BCUT2D eigenvalue weighted by molar-refractivity contribution is -0.144. The van der Waals surface area contributed by atoms with E-state index in [1.165, 1.54) is 22.3 Å². The number of hydrogen-bond donors (Lipinski definition) is 2. The summed E-state index contributed by atoms with van der Waals surface area (Å²) in [4.78, 5) is 38.9. The van der Waals surface area contributed by atoms with Crippen molar-refractivity contribution in [2.45, 2.75) is 38.0 Å². The highest BCUT2D eigenvalue weighted by atomic mass is 16.5. The van der Waals surface area contributed by atoms with Gasteiger partial charge in [-0.2, -0.15) is 0 Å². The highest BCUT2D eigenvalue weighted by Crippen LogP contribution is 2.58. The van der Waals surface area contributed by atoms with Gasteiger partial charge in [-0.15, -0.1) is 0 Å². The molecule has 0 bridgehead atoms. The van der Waals surface area contributed by atoms with E-state index in [9.17, 15) is 19.5 Å². The predicted molar refractivity (Wildman–Crippen MR) is 129 cm³/mol. The molecule has 0 radical (unpaired) electrons. The number of nitrogens with zero attached hydrogens (tertiary/aromatic N) is 1. The SMILES string of the molecule is O=C(NCC1(CC(=O)N2CC3CC3(C(=O)O)C2)CCC1)OCC1c2ccccc2-c2ccccc21. The number of likely N-dealkylation sites (tertiary alicyclic amines) is 1. The van der Waals surface area contributed by atoms with Crippen LogP contribution in [-0.4, -0.2) is 54.2 Å². The average Bonchev–Trinajstić information content (AvgIpc) is 3.26. The van der Waals surface area contributed by atoms with Crippen LogP contribution in [0.3, 0.4) is 0 Å². The monoisotopic (exact) mass is 474 g/mol. The standard InChI is InChI=1S/C28H30N2O5/c31-24(30-14-18-12-28(18,17-30)25(32)33)13-27(10-5-11-27)16-29-26(34)35-15-23-21-8-3-1-6-19(21)20-7-2-4-9-22(20)23/h1-4,6-9,18,23H,5,10-17H2,(H,29,34)(H,32,33). The van der Waals surface area contributed by atoms with Gasteiger partial charge in [-0.25, -0.2) is 4.79 Å². The third-order valence-electron chi connectivity index (χ3n) is 8.82. The summed E-state index contributed by atoms with van der Waals surface area (Å²) in [5.41, 5.74) is 3.76. The molecule has 3 aliphatic carbocycles. The lowest BCUT2D eigenvalue weighted by atomic mass is 9.66. The molecule has 2 aromatic carbocycles. The highest BCUT2D eigenvalue weighted by molar-refractivity contribution is 5.84. The van der Waals surface area contributed by atoms with Crippen molar-refractivity contribution in [3.63, 3.8) is 0 Å². The Balaban J connectivity index is 1.04. The Morgan fingerprint density at radius 1 is 1.03 bits per heavy atom. The molecule has 2 N–H and O–H groups in total. The Morgan fingerprint density at radius 2 is 1.69 bits per heavy atom. The molecule has 35 heavy (non-hydrogen) atoms. The number of carbonyl (C=O) groups excluding carboxylic acids is 2. The van der Waals surface area contributed by atoms with Gasteiger partial charge < -0.3 is 20.1 Å². The van der Waals surface area contributed by atoms with Crippen LogP contribution < -0.4 is 5.32 Å². The summed E-state index contributed by atoms with van der Waals surface area (Å²) in [6.07, 6.45) is 3.35. The number of fused-ring (bicyclic) bond motifs is 4. The molecule has 0 aromatic heterocycles. The maximum atomic E-state index is 13.0. The Labute approximate surface area is 204 Å². The Morgan fingerprint density at radius 3 is 2.26 bits per heavy atom. The minimum Gasteiger partial charge on any atom is -0.481 e. The van der Waals surface area contributed by atoms with Crippen LogP contribution in [0.5, 0.6) is 0 Å². The maximum absolute atomic E-state index is 13.0. The normalized spacial score (nSPS) is 25.1. The second-order valence-electron chi connectivity index (χ2n) is 10.8. The van der Waals surface area contributed by atoms with E-state index in [2.05, 4.69) is 29.6 Å². The first-order chi connectivity index (χ1) is 16.9. The summed E-state index contributed by atoms with van der Waals surface area (Å²) < 4.78 is 5.66. The molecule has 2 aromatic rings. The number of nitrogens with one attached hydrogen (secondary N) is 1. The molecule has 6 rings (SSSR count). The van der Waals surface area contributed by atoms with Crippen molar-refractivity contribution in [1.29, 1.82) is 0 Å². The van der Waals surface area contributed by atoms with Crippen LogP contribution in [0, 0.1) is 16.7 Å². The smallest absolute Gasteiger partial charge is 0.407 e. The van der Waals surface area contributed by atoms with Crippen LogP contribution in [0.4, 0.5) is 4.79 Å². The minimum atomic E-state index is -0.784. The van der Waals surface area contributed by atoms with Gasteiger partial charge >= 0.3 is 12.1 Å². The molecular formula is C28H30N2O5. The van der Waals surface area contributed by atoms with E-state index in [0.717, 1.165) is 19.3 Å². The van der Waals surface area contributed by atoms with Crippen molar-refractivity contribution in [2.75, 3.05) is 26.2 Å². The number of alkyl carbamates (subject to hydrolysis) is 1. The molecule has 2 saturated carbocycles. The molecule has 3 fully saturated rings. The van der Waals surface area contributed by atoms with Gasteiger partial charge in [0.05, 0.1) is 5.41 Å². The quantitative estimate of drug-likeness (QED) is 0.632. The Kier molecular flexibility index (Phi) is 5.13. The summed E-state index contributed by atoms with van der Waals surface area (Å²) >= 11 is 0. The lowest BCUT2D eigenvalue weighted by Gasteiger charge is -2.42. The third kappa shape index (κ3) is 3.68. The van der Waals surface area contributed by atoms with Crippen LogP contribution in [0.25, 0.3) is 11.1 Å². The van der Waals surface area contributed by atoms with Crippen molar-refractivity contribution in [1.82, 2.24) is 10.2 Å². The van der Waals surface area contributed by atoms with E-state index < -0.39 is 17.5 Å². The first kappa shape index (κ1) is 22.1. The predicted octanol–water partition coefficient (Wildman–Crippen LogP) is 4.02. The third-order valence-corrected chi connectivity index (χ3v) is 8.82. The number of ether oxygens (including phenoxy) is 1. The topological polar surface area (TPSA) is 95.9 Å². The fraction of sp³-hybridized carbons (Fsp3) is 0.464. The van der Waals surface area contributed by atoms with Gasteiger partial charge in [0.1, 0.15) is 6.61 Å². The van der Waals surface area contributed by atoms with Gasteiger partial charge in [-0.3, -0.25) is 9.59 Å². The first-order valence-corrected chi connectivity index (χ1v) is 12.5. The van der Waals surface area contributed by atoms with Crippen molar-refractivity contribution in [2.24, 2.45) is 16.7 Å². The Hall–Kier alpha value is -3.35. The number of hydrogen-bond acceptors (Lipinski definition) is 4. The van der Waals surface area contributed by atoms with Crippen LogP contribution >= 0.6 is 0 Å². The first-order valence-electron chi connectivity index (χ1n) is 12.5. The summed E-state index contributed by atoms with van der Waals surface area (Å²) in [5, 5.41) is 12.4. The lowest BCUT2D eigenvalue weighted by Crippen LogP contribution is -2.46.